The van der Waals surface area contributed by atoms with Gasteiger partial charge in [-0.15, -0.1) is 0 Å². The van der Waals surface area contributed by atoms with Crippen molar-refractivity contribution in [2.45, 2.75) is 31.2 Å². The summed E-state index contributed by atoms with van der Waals surface area (Å²) < 4.78 is 28.4. The van der Waals surface area contributed by atoms with Gasteiger partial charge in [0, 0.05) is 19.3 Å². The summed E-state index contributed by atoms with van der Waals surface area (Å²) in [5.41, 5.74) is 0. The molecule has 1 aliphatic carbocycles. The number of rotatable bonds is 8. The van der Waals surface area contributed by atoms with Crippen LogP contribution >= 0.6 is 0 Å². The van der Waals surface area contributed by atoms with Crippen LogP contribution in [0.2, 0.25) is 0 Å². The quantitative estimate of drug-likeness (QED) is 0.679. The zero-order chi connectivity index (χ0) is 13.9. The lowest BCUT2D eigenvalue weighted by Crippen LogP contribution is -2.25. The standard InChI is InChI=1S/C12H22N4O2S/c1-10-6-11(10)7-15-19(17,18)12-8-14-16(9-12)5-3-4-13-2/h8-11,13,15H,3-7H2,1-2H3. The van der Waals surface area contributed by atoms with E-state index in [1.807, 2.05) is 7.05 Å². The zero-order valence-electron chi connectivity index (χ0n) is 11.5. The number of nitrogens with one attached hydrogen (secondary N) is 2. The minimum absolute atomic E-state index is 0.255. The van der Waals surface area contributed by atoms with Crippen molar-refractivity contribution in [2.75, 3.05) is 20.1 Å². The molecule has 1 aromatic rings. The summed E-state index contributed by atoms with van der Waals surface area (Å²) in [6, 6.07) is 0. The van der Waals surface area contributed by atoms with Gasteiger partial charge in [-0.05, 0) is 38.3 Å². The van der Waals surface area contributed by atoms with Gasteiger partial charge in [0.1, 0.15) is 4.90 Å². The van der Waals surface area contributed by atoms with E-state index in [0.29, 0.717) is 18.4 Å². The molecule has 0 aliphatic heterocycles. The Morgan fingerprint density at radius 3 is 2.89 bits per heavy atom. The van der Waals surface area contributed by atoms with E-state index in [9.17, 15) is 8.42 Å². The van der Waals surface area contributed by atoms with E-state index >= 15 is 0 Å². The topological polar surface area (TPSA) is 76.0 Å². The molecular formula is C12H22N4O2S. The van der Waals surface area contributed by atoms with E-state index in [2.05, 4.69) is 22.1 Å². The molecule has 19 heavy (non-hydrogen) atoms. The predicted molar refractivity (Wildman–Crippen MR) is 73.2 cm³/mol. The molecule has 2 N–H and O–H groups in total. The third-order valence-corrected chi connectivity index (χ3v) is 4.92. The molecule has 6 nitrogen and oxygen atoms in total. The lowest BCUT2D eigenvalue weighted by atomic mass is 10.3. The second-order valence-corrected chi connectivity index (χ2v) is 6.99. The zero-order valence-corrected chi connectivity index (χ0v) is 12.3. The average Bonchev–Trinajstić information content (AvgIpc) is 2.88. The summed E-state index contributed by atoms with van der Waals surface area (Å²) >= 11 is 0. The summed E-state index contributed by atoms with van der Waals surface area (Å²) in [4.78, 5) is 0.255. The highest BCUT2D eigenvalue weighted by molar-refractivity contribution is 7.89. The van der Waals surface area contributed by atoms with E-state index in [-0.39, 0.29) is 4.90 Å². The molecule has 0 amide bonds. The maximum absolute atomic E-state index is 12.0. The number of hydrogen-bond acceptors (Lipinski definition) is 4. The molecular weight excluding hydrogens is 264 g/mol. The van der Waals surface area contributed by atoms with Crippen LogP contribution in [0.4, 0.5) is 0 Å². The number of nitrogens with zero attached hydrogens (tertiary/aromatic N) is 2. The van der Waals surface area contributed by atoms with Gasteiger partial charge in [-0.1, -0.05) is 6.92 Å². The first-order chi connectivity index (χ1) is 9.03. The molecule has 0 radical (unpaired) electrons. The summed E-state index contributed by atoms with van der Waals surface area (Å²) in [7, 11) is -1.51. The van der Waals surface area contributed by atoms with Gasteiger partial charge >= 0.3 is 0 Å². The minimum Gasteiger partial charge on any atom is -0.320 e. The first-order valence-corrected chi connectivity index (χ1v) is 8.18. The second kappa shape index (κ2) is 6.02. The van der Waals surface area contributed by atoms with Gasteiger partial charge in [-0.2, -0.15) is 5.10 Å². The first-order valence-electron chi connectivity index (χ1n) is 6.69. The van der Waals surface area contributed by atoms with Gasteiger partial charge in [0.2, 0.25) is 10.0 Å². The monoisotopic (exact) mass is 286 g/mol. The fourth-order valence-corrected chi connectivity index (χ4v) is 3.05. The Balaban J connectivity index is 1.88. The molecule has 1 aliphatic rings. The van der Waals surface area contributed by atoms with Crippen molar-refractivity contribution in [1.82, 2.24) is 19.8 Å². The Kier molecular flexibility index (Phi) is 4.59. The van der Waals surface area contributed by atoms with Crippen LogP contribution in [0, 0.1) is 11.8 Å². The second-order valence-electron chi connectivity index (χ2n) is 5.22. The van der Waals surface area contributed by atoms with Crippen LogP contribution in [0.5, 0.6) is 0 Å². The van der Waals surface area contributed by atoms with Gasteiger partial charge in [-0.3, -0.25) is 4.68 Å². The number of hydrogen-bond donors (Lipinski definition) is 2. The molecule has 7 heteroatoms. The van der Waals surface area contributed by atoms with E-state index in [0.717, 1.165) is 25.9 Å². The summed E-state index contributed by atoms with van der Waals surface area (Å²) in [5, 5.41) is 7.13. The van der Waals surface area contributed by atoms with Crippen LogP contribution < -0.4 is 10.0 Å². The molecule has 2 rings (SSSR count). The van der Waals surface area contributed by atoms with Gasteiger partial charge in [0.25, 0.3) is 0 Å². The molecule has 108 valence electrons. The molecule has 0 spiro atoms. The summed E-state index contributed by atoms with van der Waals surface area (Å²) in [5.74, 6) is 1.15. The Morgan fingerprint density at radius 1 is 1.53 bits per heavy atom. The maximum atomic E-state index is 12.0. The van der Waals surface area contributed by atoms with Crippen LogP contribution in [0.25, 0.3) is 0 Å². The maximum Gasteiger partial charge on any atom is 0.243 e. The summed E-state index contributed by atoms with van der Waals surface area (Å²) in [6.07, 6.45) is 5.04. The average molecular weight is 286 g/mol. The predicted octanol–water partition coefficient (Wildman–Crippen LogP) is 0.427. The van der Waals surface area contributed by atoms with Crippen molar-refractivity contribution in [3.63, 3.8) is 0 Å². The van der Waals surface area contributed by atoms with Crippen LogP contribution in [0.1, 0.15) is 19.8 Å². The van der Waals surface area contributed by atoms with Crippen molar-refractivity contribution in [1.29, 1.82) is 0 Å². The molecule has 0 aromatic carbocycles. The highest BCUT2D eigenvalue weighted by atomic mass is 32.2. The minimum atomic E-state index is -3.40. The Labute approximate surface area is 114 Å². The summed E-state index contributed by atoms with van der Waals surface area (Å²) in [6.45, 7) is 4.28. The molecule has 0 saturated heterocycles. The number of aryl methyl sites for hydroxylation is 1. The SMILES string of the molecule is CNCCCn1cc(S(=O)(=O)NCC2CC2C)cn1. The lowest BCUT2D eigenvalue weighted by Gasteiger charge is -2.03. The van der Waals surface area contributed by atoms with Gasteiger partial charge in [-0.25, -0.2) is 13.1 Å². The molecule has 1 saturated carbocycles. The third-order valence-electron chi connectivity index (χ3n) is 3.55. The van der Waals surface area contributed by atoms with Crippen LogP contribution in [0.15, 0.2) is 17.3 Å². The van der Waals surface area contributed by atoms with Crippen LogP contribution in [-0.4, -0.2) is 38.3 Å². The van der Waals surface area contributed by atoms with Crippen LogP contribution in [0.3, 0.4) is 0 Å². The molecule has 1 fully saturated rings. The van der Waals surface area contributed by atoms with Crippen molar-refractivity contribution < 1.29 is 8.42 Å². The molecule has 1 aromatic heterocycles. The van der Waals surface area contributed by atoms with E-state index < -0.39 is 10.0 Å². The smallest absolute Gasteiger partial charge is 0.243 e. The molecule has 1 heterocycles. The Bertz CT molecular complexity index is 512. The Morgan fingerprint density at radius 2 is 2.26 bits per heavy atom. The van der Waals surface area contributed by atoms with Gasteiger partial charge in [0.15, 0.2) is 0 Å². The first kappa shape index (κ1) is 14.5. The van der Waals surface area contributed by atoms with E-state index in [4.69, 9.17) is 0 Å². The third kappa shape index (κ3) is 4.02. The van der Waals surface area contributed by atoms with Gasteiger partial charge < -0.3 is 5.32 Å². The van der Waals surface area contributed by atoms with Crippen molar-refractivity contribution in [3.05, 3.63) is 12.4 Å². The normalized spacial score (nSPS) is 22.6. The lowest BCUT2D eigenvalue weighted by molar-refractivity contribution is 0.559. The van der Waals surface area contributed by atoms with Crippen molar-refractivity contribution in [2.24, 2.45) is 11.8 Å². The largest absolute Gasteiger partial charge is 0.320 e. The Hall–Kier alpha value is -0.920. The molecule has 0 bridgehead atoms. The number of sulfonamides is 1. The van der Waals surface area contributed by atoms with Gasteiger partial charge in [0.05, 0.1) is 6.20 Å². The molecule has 2 unspecified atom stereocenters. The highest BCUT2D eigenvalue weighted by Crippen LogP contribution is 2.37. The fourth-order valence-electron chi connectivity index (χ4n) is 2.01. The highest BCUT2D eigenvalue weighted by Gasteiger charge is 2.33. The molecule has 2 atom stereocenters. The fraction of sp³-hybridized carbons (Fsp3) is 0.750. The number of aromatic nitrogens is 2. The van der Waals surface area contributed by atoms with Crippen molar-refractivity contribution >= 4 is 10.0 Å². The van der Waals surface area contributed by atoms with E-state index in [1.165, 1.54) is 6.20 Å². The van der Waals surface area contributed by atoms with E-state index in [1.54, 1.807) is 10.9 Å². The van der Waals surface area contributed by atoms with Crippen molar-refractivity contribution in [3.8, 4) is 0 Å². The van der Waals surface area contributed by atoms with Crippen LogP contribution in [-0.2, 0) is 16.6 Å².